The van der Waals surface area contributed by atoms with Gasteiger partial charge in [-0.2, -0.15) is 0 Å². The van der Waals surface area contributed by atoms with Crippen molar-refractivity contribution in [2.24, 2.45) is 50.2 Å². The van der Waals surface area contributed by atoms with Gasteiger partial charge in [-0.15, -0.1) is 0 Å². The molecular formula is C32H46O5. The standard InChI is InChI=1S/C32H46O5/c1-19(33)37-24-10-11-28(4,5)23-9-12-30(7)25(31(23,24)8)22(34)17-20-21-18-27(2,3)13-15-32(21,26(35)36)16-14-29(20,30)6/h10-11,17,21,23-25H,9,12-16,18H2,1-8H3,(H,35,36)/t21?,23?,24?,25?,29-,30-,31-,32+/m1/s1. The van der Waals surface area contributed by atoms with Crippen molar-refractivity contribution in [2.75, 3.05) is 0 Å². The number of esters is 1. The van der Waals surface area contributed by atoms with Crippen molar-refractivity contribution in [3.63, 3.8) is 0 Å². The Bertz CT molecular complexity index is 1110. The number of fused-ring (bicyclic) bond motifs is 7. The van der Waals surface area contributed by atoms with E-state index in [0.717, 1.165) is 37.7 Å². The molecule has 1 N–H and O–H groups in total. The van der Waals surface area contributed by atoms with Crippen LogP contribution in [0.4, 0.5) is 0 Å². The van der Waals surface area contributed by atoms with E-state index < -0.39 is 22.9 Å². The van der Waals surface area contributed by atoms with E-state index in [1.54, 1.807) is 0 Å². The zero-order valence-corrected chi connectivity index (χ0v) is 24.1. The lowest BCUT2D eigenvalue weighted by atomic mass is 9.33. The molecule has 0 aromatic heterocycles. The van der Waals surface area contributed by atoms with Gasteiger partial charge in [0.1, 0.15) is 6.10 Å². The number of rotatable bonds is 2. The van der Waals surface area contributed by atoms with Gasteiger partial charge in [-0.1, -0.05) is 60.1 Å². The molecule has 0 aromatic carbocycles. The zero-order valence-electron chi connectivity index (χ0n) is 24.1. The maximum absolute atomic E-state index is 14.5. The first-order valence-corrected chi connectivity index (χ1v) is 14.3. The molecule has 0 aromatic rings. The van der Waals surface area contributed by atoms with E-state index in [-0.39, 0.29) is 51.2 Å². The van der Waals surface area contributed by atoms with E-state index in [9.17, 15) is 19.5 Å². The van der Waals surface area contributed by atoms with Crippen LogP contribution in [0.3, 0.4) is 0 Å². The highest BCUT2D eigenvalue weighted by atomic mass is 16.5. The maximum atomic E-state index is 14.5. The molecule has 37 heavy (non-hydrogen) atoms. The number of carbonyl (C=O) groups excluding carboxylic acids is 2. The smallest absolute Gasteiger partial charge is 0.310 e. The van der Waals surface area contributed by atoms with Crippen molar-refractivity contribution in [3.8, 4) is 0 Å². The SMILES string of the molecule is CC(=O)OC1C=CC(C)(C)C2CC[C@]3(C)C(C(=O)C=C4C5CC(C)(C)CC[C@]5(C(=O)O)CC[C@]43C)[C@@]12C. The highest BCUT2D eigenvalue weighted by Crippen LogP contribution is 2.74. The van der Waals surface area contributed by atoms with Crippen LogP contribution in [0.15, 0.2) is 23.8 Å². The molecule has 0 aliphatic heterocycles. The highest BCUT2D eigenvalue weighted by Gasteiger charge is 2.72. The second-order valence-electron chi connectivity index (χ2n) is 15.2. The Morgan fingerprint density at radius 2 is 1.62 bits per heavy atom. The number of aliphatic carboxylic acids is 1. The second kappa shape index (κ2) is 7.82. The maximum Gasteiger partial charge on any atom is 0.310 e. The third-order valence-electron chi connectivity index (χ3n) is 12.5. The van der Waals surface area contributed by atoms with E-state index >= 15 is 0 Å². The van der Waals surface area contributed by atoms with Gasteiger partial charge >= 0.3 is 11.9 Å². The summed E-state index contributed by atoms with van der Waals surface area (Å²) in [5, 5.41) is 10.5. The quantitative estimate of drug-likeness (QED) is 0.328. The largest absolute Gasteiger partial charge is 0.481 e. The van der Waals surface area contributed by atoms with Gasteiger partial charge in [0.05, 0.1) is 5.41 Å². The number of ketones is 1. The van der Waals surface area contributed by atoms with Crippen LogP contribution >= 0.6 is 0 Å². The minimum Gasteiger partial charge on any atom is -0.481 e. The van der Waals surface area contributed by atoms with Crippen LogP contribution in [0.5, 0.6) is 0 Å². The van der Waals surface area contributed by atoms with Gasteiger partial charge in [-0.25, -0.2) is 0 Å². The van der Waals surface area contributed by atoms with Crippen LogP contribution in [0.2, 0.25) is 0 Å². The second-order valence-corrected chi connectivity index (χ2v) is 15.2. The summed E-state index contributed by atoms with van der Waals surface area (Å²) in [6, 6.07) is 0. The molecule has 5 aliphatic rings. The lowest BCUT2D eigenvalue weighted by Gasteiger charge is -2.69. The Balaban J connectivity index is 1.69. The fourth-order valence-electron chi connectivity index (χ4n) is 10.3. The molecule has 5 heteroatoms. The van der Waals surface area contributed by atoms with E-state index in [4.69, 9.17) is 4.74 Å². The first kappa shape index (κ1) is 26.7. The van der Waals surface area contributed by atoms with E-state index in [1.165, 1.54) is 6.92 Å². The van der Waals surface area contributed by atoms with Gasteiger partial charge in [-0.3, -0.25) is 14.4 Å². The van der Waals surface area contributed by atoms with E-state index in [2.05, 4.69) is 54.5 Å². The summed E-state index contributed by atoms with van der Waals surface area (Å²) in [5.41, 5.74) is -0.904. The number of ether oxygens (including phenoxy) is 1. The third-order valence-corrected chi connectivity index (χ3v) is 12.5. The number of allylic oxidation sites excluding steroid dienone is 3. The summed E-state index contributed by atoms with van der Waals surface area (Å²) >= 11 is 0. The molecule has 0 spiro atoms. The summed E-state index contributed by atoms with van der Waals surface area (Å²) < 4.78 is 5.95. The average Bonchev–Trinajstić information content (AvgIpc) is 2.76. The molecule has 0 bridgehead atoms. The Labute approximate surface area is 222 Å². The molecule has 5 aliphatic carbocycles. The van der Waals surface area contributed by atoms with Crippen molar-refractivity contribution in [1.82, 2.24) is 0 Å². The average molecular weight is 511 g/mol. The lowest BCUT2D eigenvalue weighted by molar-refractivity contribution is -0.204. The Kier molecular flexibility index (Phi) is 5.64. The molecule has 3 fully saturated rings. The topological polar surface area (TPSA) is 80.7 Å². The first-order chi connectivity index (χ1) is 16.9. The number of carboxylic acid groups (broad SMARTS) is 1. The minimum absolute atomic E-state index is 0.0474. The van der Waals surface area contributed by atoms with Crippen LogP contribution in [0.25, 0.3) is 0 Å². The van der Waals surface area contributed by atoms with Crippen molar-refractivity contribution < 1.29 is 24.2 Å². The number of hydrogen-bond donors (Lipinski definition) is 1. The predicted molar refractivity (Wildman–Crippen MR) is 143 cm³/mol. The van der Waals surface area contributed by atoms with Gasteiger partial charge in [0, 0.05) is 18.3 Å². The number of carboxylic acids is 1. The molecule has 3 saturated carbocycles. The Morgan fingerprint density at radius 1 is 0.973 bits per heavy atom. The molecule has 4 unspecified atom stereocenters. The molecule has 0 heterocycles. The summed E-state index contributed by atoms with van der Waals surface area (Å²) in [7, 11) is 0. The molecule has 0 radical (unpaired) electrons. The highest BCUT2D eigenvalue weighted by molar-refractivity contribution is 5.96. The van der Waals surface area contributed by atoms with Crippen LogP contribution in [-0.4, -0.2) is 28.9 Å². The molecule has 0 saturated heterocycles. The van der Waals surface area contributed by atoms with Crippen LogP contribution in [-0.2, 0) is 19.1 Å². The Hall–Kier alpha value is -1.91. The van der Waals surface area contributed by atoms with Crippen molar-refractivity contribution in [3.05, 3.63) is 23.8 Å². The fraction of sp³-hybridized carbons (Fsp3) is 0.781. The number of hydrogen-bond acceptors (Lipinski definition) is 4. The predicted octanol–water partition coefficient (Wildman–Crippen LogP) is 6.76. The minimum atomic E-state index is -0.777. The van der Waals surface area contributed by atoms with Crippen molar-refractivity contribution in [1.29, 1.82) is 0 Å². The van der Waals surface area contributed by atoms with Gasteiger partial charge in [0.15, 0.2) is 5.78 Å². The van der Waals surface area contributed by atoms with Gasteiger partial charge in [0.2, 0.25) is 0 Å². The molecular weight excluding hydrogens is 464 g/mol. The normalized spacial score (nSPS) is 47.5. The van der Waals surface area contributed by atoms with E-state index in [0.29, 0.717) is 12.8 Å². The van der Waals surface area contributed by atoms with Crippen LogP contribution in [0.1, 0.15) is 100 Å². The lowest BCUT2D eigenvalue weighted by Crippen LogP contribution is -2.68. The first-order valence-electron chi connectivity index (χ1n) is 14.3. The third kappa shape index (κ3) is 3.37. The molecule has 8 atom stereocenters. The van der Waals surface area contributed by atoms with Gasteiger partial charge in [0.25, 0.3) is 0 Å². The zero-order chi connectivity index (χ0) is 27.4. The number of carbonyl (C=O) groups is 3. The summed E-state index contributed by atoms with van der Waals surface area (Å²) in [6.45, 7) is 17.2. The van der Waals surface area contributed by atoms with Crippen LogP contribution < -0.4 is 0 Å². The van der Waals surface area contributed by atoms with E-state index in [1.807, 2.05) is 12.2 Å². The summed E-state index contributed by atoms with van der Waals surface area (Å²) in [6.07, 6.45) is 11.3. The monoisotopic (exact) mass is 510 g/mol. The Morgan fingerprint density at radius 3 is 2.24 bits per heavy atom. The summed E-state index contributed by atoms with van der Waals surface area (Å²) in [5.74, 6) is -1.12. The molecule has 5 nitrogen and oxygen atoms in total. The molecule has 204 valence electrons. The summed E-state index contributed by atoms with van der Waals surface area (Å²) in [4.78, 5) is 39.5. The van der Waals surface area contributed by atoms with Gasteiger partial charge < -0.3 is 9.84 Å². The van der Waals surface area contributed by atoms with Crippen molar-refractivity contribution >= 4 is 17.7 Å². The fourth-order valence-corrected chi connectivity index (χ4v) is 10.3. The molecule has 5 rings (SSSR count). The van der Waals surface area contributed by atoms with Crippen LogP contribution in [0, 0.1) is 50.2 Å². The molecule has 0 amide bonds. The van der Waals surface area contributed by atoms with Gasteiger partial charge in [-0.05, 0) is 90.6 Å². The van der Waals surface area contributed by atoms with Crippen molar-refractivity contribution in [2.45, 2.75) is 106 Å².